The minimum atomic E-state index is -1.02. The molecule has 18 heavy (non-hydrogen) atoms. The van der Waals surface area contributed by atoms with Crippen molar-refractivity contribution < 1.29 is 28.6 Å². The first-order valence-corrected chi connectivity index (χ1v) is 5.66. The van der Waals surface area contributed by atoms with Gasteiger partial charge < -0.3 is 14.2 Å². The quantitative estimate of drug-likeness (QED) is 0.279. The first kappa shape index (κ1) is 16.1. The molecule has 0 spiro atoms. The van der Waals surface area contributed by atoms with Crippen LogP contribution in [-0.2, 0) is 28.6 Å². The van der Waals surface area contributed by atoms with Gasteiger partial charge in [0.15, 0.2) is 12.7 Å². The van der Waals surface area contributed by atoms with Crippen molar-refractivity contribution in [1.82, 2.24) is 0 Å². The van der Waals surface area contributed by atoms with Crippen LogP contribution in [0.15, 0.2) is 12.7 Å². The maximum atomic E-state index is 11.3. The van der Waals surface area contributed by atoms with E-state index in [2.05, 4.69) is 11.3 Å². The fourth-order valence-corrected chi connectivity index (χ4v) is 0.903. The Labute approximate surface area is 106 Å². The molecular formula is C12H18O6. The van der Waals surface area contributed by atoms with Crippen molar-refractivity contribution >= 4 is 17.9 Å². The van der Waals surface area contributed by atoms with Gasteiger partial charge in [-0.3, -0.25) is 0 Å². The molecule has 0 aliphatic rings. The van der Waals surface area contributed by atoms with E-state index >= 15 is 0 Å². The summed E-state index contributed by atoms with van der Waals surface area (Å²) in [6.07, 6.45) is 1.56. The van der Waals surface area contributed by atoms with Crippen LogP contribution in [0.3, 0.4) is 0 Å². The van der Waals surface area contributed by atoms with E-state index in [0.29, 0.717) is 6.61 Å². The van der Waals surface area contributed by atoms with E-state index in [1.165, 1.54) is 6.92 Å². The SMILES string of the molecule is C=CC(=O)OCC(=O)OC(C)C(=O)OCCCC. The van der Waals surface area contributed by atoms with Gasteiger partial charge in [-0.1, -0.05) is 19.9 Å². The summed E-state index contributed by atoms with van der Waals surface area (Å²) < 4.78 is 14.0. The first-order chi connectivity index (χ1) is 8.51. The lowest BCUT2D eigenvalue weighted by Crippen LogP contribution is -2.28. The van der Waals surface area contributed by atoms with Gasteiger partial charge in [0, 0.05) is 6.08 Å². The molecule has 0 aromatic rings. The number of hydrogen-bond acceptors (Lipinski definition) is 6. The molecule has 0 saturated heterocycles. The second-order valence-corrected chi connectivity index (χ2v) is 3.46. The Hall–Kier alpha value is -1.85. The monoisotopic (exact) mass is 258 g/mol. The van der Waals surface area contributed by atoms with Crippen molar-refractivity contribution in [2.45, 2.75) is 32.8 Å². The molecule has 0 aliphatic carbocycles. The molecule has 0 saturated carbocycles. The molecule has 6 heteroatoms. The van der Waals surface area contributed by atoms with Gasteiger partial charge in [-0.25, -0.2) is 14.4 Å². The third kappa shape index (κ3) is 7.43. The highest BCUT2D eigenvalue weighted by Crippen LogP contribution is 1.98. The molecule has 0 rings (SSSR count). The molecular weight excluding hydrogens is 240 g/mol. The summed E-state index contributed by atoms with van der Waals surface area (Å²) in [6.45, 7) is 6.26. The van der Waals surface area contributed by atoms with Crippen LogP contribution < -0.4 is 0 Å². The van der Waals surface area contributed by atoms with Crippen LogP contribution in [0.25, 0.3) is 0 Å². The molecule has 0 fully saturated rings. The normalized spacial score (nSPS) is 11.2. The molecule has 1 unspecified atom stereocenters. The van der Waals surface area contributed by atoms with Crippen molar-refractivity contribution in [1.29, 1.82) is 0 Å². The van der Waals surface area contributed by atoms with Crippen molar-refractivity contribution in [3.05, 3.63) is 12.7 Å². The Morgan fingerprint density at radius 1 is 1.28 bits per heavy atom. The summed E-state index contributed by atoms with van der Waals surface area (Å²) in [6, 6.07) is 0. The average molecular weight is 258 g/mol. The van der Waals surface area contributed by atoms with E-state index in [0.717, 1.165) is 18.9 Å². The Balaban J connectivity index is 3.88. The van der Waals surface area contributed by atoms with Crippen LogP contribution >= 0.6 is 0 Å². The summed E-state index contributed by atoms with van der Waals surface area (Å²) in [5, 5.41) is 0. The Morgan fingerprint density at radius 3 is 2.50 bits per heavy atom. The van der Waals surface area contributed by atoms with Crippen molar-refractivity contribution in [3.8, 4) is 0 Å². The molecule has 0 amide bonds. The predicted octanol–water partition coefficient (Wildman–Crippen LogP) is 0.991. The zero-order chi connectivity index (χ0) is 14.0. The van der Waals surface area contributed by atoms with Crippen LogP contribution in [0, 0.1) is 0 Å². The summed E-state index contributed by atoms with van der Waals surface area (Å²) >= 11 is 0. The largest absolute Gasteiger partial charge is 0.463 e. The summed E-state index contributed by atoms with van der Waals surface area (Å²) in [4.78, 5) is 33.2. The molecule has 0 aromatic carbocycles. The fraction of sp³-hybridized carbons (Fsp3) is 0.583. The lowest BCUT2D eigenvalue weighted by Gasteiger charge is -2.12. The molecule has 0 heterocycles. The molecule has 0 aliphatic heterocycles. The standard InChI is InChI=1S/C12H18O6/c1-4-6-7-16-12(15)9(3)18-11(14)8-17-10(13)5-2/h5,9H,2,4,6-8H2,1,3H3. The molecule has 1 atom stereocenters. The van der Waals surface area contributed by atoms with Gasteiger partial charge in [-0.05, 0) is 13.3 Å². The van der Waals surface area contributed by atoms with Gasteiger partial charge in [0.05, 0.1) is 6.61 Å². The molecule has 0 aromatic heterocycles. The Bertz CT molecular complexity index is 310. The Kier molecular flexibility index (Phi) is 8.26. The second-order valence-electron chi connectivity index (χ2n) is 3.46. The van der Waals surface area contributed by atoms with Gasteiger partial charge in [-0.15, -0.1) is 0 Å². The smallest absolute Gasteiger partial charge is 0.347 e. The van der Waals surface area contributed by atoms with E-state index in [9.17, 15) is 14.4 Å². The zero-order valence-corrected chi connectivity index (χ0v) is 10.6. The lowest BCUT2D eigenvalue weighted by atomic mass is 10.3. The molecule has 0 radical (unpaired) electrons. The third-order valence-corrected chi connectivity index (χ3v) is 1.88. The maximum absolute atomic E-state index is 11.3. The predicted molar refractivity (Wildman–Crippen MR) is 62.6 cm³/mol. The van der Waals surface area contributed by atoms with Gasteiger partial charge in [0.1, 0.15) is 0 Å². The summed E-state index contributed by atoms with van der Waals surface area (Å²) in [5.74, 6) is -2.16. The zero-order valence-electron chi connectivity index (χ0n) is 10.6. The maximum Gasteiger partial charge on any atom is 0.347 e. The van der Waals surface area contributed by atoms with Crippen molar-refractivity contribution in [2.75, 3.05) is 13.2 Å². The number of unbranched alkanes of at least 4 members (excludes halogenated alkanes) is 1. The van der Waals surface area contributed by atoms with E-state index < -0.39 is 30.6 Å². The average Bonchev–Trinajstić information content (AvgIpc) is 2.35. The Morgan fingerprint density at radius 2 is 1.94 bits per heavy atom. The van der Waals surface area contributed by atoms with E-state index in [-0.39, 0.29) is 0 Å². The van der Waals surface area contributed by atoms with Crippen LogP contribution in [0.2, 0.25) is 0 Å². The highest BCUT2D eigenvalue weighted by Gasteiger charge is 2.19. The molecule has 6 nitrogen and oxygen atoms in total. The molecule has 0 bridgehead atoms. The highest BCUT2D eigenvalue weighted by atomic mass is 16.6. The topological polar surface area (TPSA) is 78.9 Å². The van der Waals surface area contributed by atoms with Crippen LogP contribution in [-0.4, -0.2) is 37.2 Å². The van der Waals surface area contributed by atoms with Gasteiger partial charge in [0.25, 0.3) is 0 Å². The van der Waals surface area contributed by atoms with E-state index in [4.69, 9.17) is 9.47 Å². The van der Waals surface area contributed by atoms with Crippen LogP contribution in [0.4, 0.5) is 0 Å². The molecule has 102 valence electrons. The van der Waals surface area contributed by atoms with Gasteiger partial charge >= 0.3 is 17.9 Å². The van der Waals surface area contributed by atoms with E-state index in [1.807, 2.05) is 6.92 Å². The van der Waals surface area contributed by atoms with Gasteiger partial charge in [-0.2, -0.15) is 0 Å². The second kappa shape index (κ2) is 9.21. The number of ether oxygens (including phenoxy) is 3. The van der Waals surface area contributed by atoms with Crippen LogP contribution in [0.5, 0.6) is 0 Å². The number of carbonyl (C=O) groups is 3. The number of rotatable bonds is 8. The summed E-state index contributed by atoms with van der Waals surface area (Å²) in [7, 11) is 0. The lowest BCUT2D eigenvalue weighted by molar-refractivity contribution is -0.170. The highest BCUT2D eigenvalue weighted by molar-refractivity contribution is 5.84. The van der Waals surface area contributed by atoms with Crippen molar-refractivity contribution in [2.24, 2.45) is 0 Å². The van der Waals surface area contributed by atoms with Crippen LogP contribution in [0.1, 0.15) is 26.7 Å². The molecule has 0 N–H and O–H groups in total. The first-order valence-electron chi connectivity index (χ1n) is 5.66. The minimum absolute atomic E-state index is 0.294. The van der Waals surface area contributed by atoms with E-state index in [1.54, 1.807) is 0 Å². The third-order valence-electron chi connectivity index (χ3n) is 1.88. The van der Waals surface area contributed by atoms with Gasteiger partial charge in [0.2, 0.25) is 0 Å². The fourth-order valence-electron chi connectivity index (χ4n) is 0.903. The minimum Gasteiger partial charge on any atom is -0.463 e. The van der Waals surface area contributed by atoms with Crippen molar-refractivity contribution in [3.63, 3.8) is 0 Å². The summed E-state index contributed by atoms with van der Waals surface area (Å²) in [5.41, 5.74) is 0. The number of hydrogen-bond donors (Lipinski definition) is 0. The number of carbonyl (C=O) groups excluding carboxylic acids is 3. The number of esters is 3.